The lowest BCUT2D eigenvalue weighted by atomic mass is 10.1. The molecule has 1 heterocycles. The molecule has 0 saturated carbocycles. The van der Waals surface area contributed by atoms with E-state index in [2.05, 4.69) is 29.4 Å². The molecule has 0 bridgehead atoms. The van der Waals surface area contributed by atoms with E-state index in [1.54, 1.807) is 0 Å². The van der Waals surface area contributed by atoms with Gasteiger partial charge in [-0.1, -0.05) is 60.7 Å². The summed E-state index contributed by atoms with van der Waals surface area (Å²) in [6.45, 7) is 0. The fourth-order valence-electron chi connectivity index (χ4n) is 2.34. The van der Waals surface area contributed by atoms with Crippen molar-refractivity contribution >= 4 is 13.2 Å². The summed E-state index contributed by atoms with van der Waals surface area (Å²) in [5, 5.41) is 5.81. The minimum absolute atomic E-state index is 0.0210. The van der Waals surface area contributed by atoms with Crippen LogP contribution in [0.15, 0.2) is 60.7 Å². The summed E-state index contributed by atoms with van der Waals surface area (Å²) in [6, 6.07) is 20.3. The molecule has 3 heteroatoms. The fraction of sp³-hybridized carbons (Fsp3) is 0.250. The fourth-order valence-corrected chi connectivity index (χ4v) is 4.71. The van der Waals surface area contributed by atoms with Gasteiger partial charge < -0.3 is 9.85 Å². The Morgan fingerprint density at radius 3 is 2.47 bits per heavy atom. The van der Waals surface area contributed by atoms with E-state index in [0.717, 1.165) is 5.56 Å². The Balaban J connectivity index is 1.98. The van der Waals surface area contributed by atoms with Crippen molar-refractivity contribution in [1.29, 1.82) is 1.43 Å². The quantitative estimate of drug-likeness (QED) is 0.871. The Hall–Kier alpha value is -1.21. The number of aliphatic hydroxyl groups is 1. The molecule has 3 rings (SSSR count). The zero-order valence-electron chi connectivity index (χ0n) is 12.5. The maximum atomic E-state index is 8.45. The molecule has 0 amide bonds. The maximum absolute atomic E-state index is 8.45. The summed E-state index contributed by atoms with van der Waals surface area (Å²) < 4.78 is 21.2. The van der Waals surface area contributed by atoms with Gasteiger partial charge >= 0.3 is 0 Å². The molecule has 1 fully saturated rings. The highest BCUT2D eigenvalue weighted by Gasteiger charge is 2.31. The molecular formula is C16H17O2P. The lowest BCUT2D eigenvalue weighted by Crippen LogP contribution is -2.26. The Labute approximate surface area is 117 Å². The standard InChI is InChI=1S/C16H17O2P/c17-16-11-15(13-7-3-1-4-8-13)19(12-18-16)14-9-5-2-6-10-14/h1-10,15-17H,11-12H2/t15-,16-,19-/m1/s1/i11D,17D/t11-,15-,16-,19-. The summed E-state index contributed by atoms with van der Waals surface area (Å²) in [6.07, 6.45) is -0.847. The van der Waals surface area contributed by atoms with Gasteiger partial charge in [-0.05, 0) is 18.8 Å². The topological polar surface area (TPSA) is 29.5 Å². The summed E-state index contributed by atoms with van der Waals surface area (Å²) in [5.74, 6) is 0. The van der Waals surface area contributed by atoms with Gasteiger partial charge in [0, 0.05) is 13.4 Å². The van der Waals surface area contributed by atoms with Gasteiger partial charge in [0.15, 0.2) is 6.29 Å². The predicted octanol–water partition coefficient (Wildman–Crippen LogP) is 3.23. The lowest BCUT2D eigenvalue weighted by molar-refractivity contribution is -0.0928. The third-order valence-corrected chi connectivity index (χ3v) is 5.81. The Bertz CT molecular complexity index is 567. The normalized spacial score (nSPS) is 32.4. The van der Waals surface area contributed by atoms with Gasteiger partial charge in [0.1, 0.15) is 0 Å². The van der Waals surface area contributed by atoms with Crippen LogP contribution in [0.2, 0.25) is 0 Å². The van der Waals surface area contributed by atoms with E-state index in [-0.39, 0.29) is 5.66 Å². The van der Waals surface area contributed by atoms with Crippen molar-refractivity contribution < 1.29 is 11.2 Å². The third-order valence-electron chi connectivity index (χ3n) is 3.28. The summed E-state index contributed by atoms with van der Waals surface area (Å²) in [5.41, 5.74) is 1.14. The zero-order chi connectivity index (χ0) is 14.7. The van der Waals surface area contributed by atoms with Crippen LogP contribution in [-0.4, -0.2) is 19.2 Å². The zero-order valence-corrected chi connectivity index (χ0v) is 11.4. The minimum atomic E-state index is -0.780. The van der Waals surface area contributed by atoms with Gasteiger partial charge in [-0.25, -0.2) is 0 Å². The van der Waals surface area contributed by atoms with Crippen LogP contribution in [0.4, 0.5) is 0 Å². The van der Waals surface area contributed by atoms with E-state index >= 15 is 0 Å². The van der Waals surface area contributed by atoms with E-state index in [1.165, 1.54) is 5.30 Å². The molecule has 0 radical (unpaired) electrons. The van der Waals surface area contributed by atoms with E-state index in [9.17, 15) is 0 Å². The third kappa shape index (κ3) is 2.87. The molecule has 4 atom stereocenters. The van der Waals surface area contributed by atoms with Crippen LogP contribution in [0.1, 0.15) is 19.0 Å². The second-order valence-electron chi connectivity index (χ2n) is 4.52. The number of ether oxygens (including phenoxy) is 1. The van der Waals surface area contributed by atoms with Crippen LogP contribution in [0.5, 0.6) is 0 Å². The van der Waals surface area contributed by atoms with Crippen molar-refractivity contribution in [2.24, 2.45) is 0 Å². The SMILES string of the molecule is [2H]O[C@@H]1OC[P@](c2ccccc2)[C@@H](c2ccccc2)[C@H]1[2H]. The van der Waals surface area contributed by atoms with Gasteiger partial charge in [0.25, 0.3) is 0 Å². The minimum Gasteiger partial charge on any atom is -0.368 e. The number of rotatable bonds is 3. The van der Waals surface area contributed by atoms with Crippen molar-refractivity contribution in [1.82, 2.24) is 0 Å². The lowest BCUT2D eigenvalue weighted by Gasteiger charge is -2.35. The highest BCUT2D eigenvalue weighted by Crippen LogP contribution is 2.55. The van der Waals surface area contributed by atoms with Gasteiger partial charge in [-0.2, -0.15) is 0 Å². The Morgan fingerprint density at radius 2 is 1.79 bits per heavy atom. The summed E-state index contributed by atoms with van der Waals surface area (Å²) >= 11 is 0. The molecule has 0 spiro atoms. The maximum Gasteiger partial charge on any atom is 0.213 e. The van der Waals surface area contributed by atoms with E-state index < -0.39 is 20.6 Å². The second-order valence-corrected chi connectivity index (χ2v) is 6.79. The molecule has 1 aliphatic rings. The van der Waals surface area contributed by atoms with Crippen LogP contribution in [0.25, 0.3) is 0 Å². The highest BCUT2D eigenvalue weighted by atomic mass is 31.1. The molecule has 0 aliphatic carbocycles. The highest BCUT2D eigenvalue weighted by molar-refractivity contribution is 7.65. The first-order valence-electron chi connectivity index (χ1n) is 7.32. The van der Waals surface area contributed by atoms with E-state index in [4.69, 9.17) is 7.54 Å². The molecule has 2 nitrogen and oxygen atoms in total. The monoisotopic (exact) mass is 274 g/mol. The van der Waals surface area contributed by atoms with Crippen LogP contribution in [0.3, 0.4) is 0 Å². The molecule has 1 N–H and O–H groups in total. The average Bonchev–Trinajstić information content (AvgIpc) is 2.56. The number of benzene rings is 2. The van der Waals surface area contributed by atoms with Gasteiger partial charge in [0.05, 0.1) is 6.35 Å². The van der Waals surface area contributed by atoms with Crippen LogP contribution in [-0.2, 0) is 4.74 Å². The smallest absolute Gasteiger partial charge is 0.213 e. The summed E-state index contributed by atoms with van der Waals surface area (Å²) in [4.78, 5) is 0. The van der Waals surface area contributed by atoms with Crippen LogP contribution < -0.4 is 5.30 Å². The number of hydrogen-bond acceptors (Lipinski definition) is 2. The molecule has 1 aliphatic heterocycles. The first kappa shape index (κ1) is 10.6. The Morgan fingerprint density at radius 1 is 1.11 bits per heavy atom. The van der Waals surface area contributed by atoms with E-state index in [1.807, 2.05) is 36.4 Å². The van der Waals surface area contributed by atoms with Crippen molar-refractivity contribution in [2.45, 2.75) is 18.3 Å². The average molecular weight is 274 g/mol. The van der Waals surface area contributed by atoms with Crippen LogP contribution in [0, 0.1) is 0 Å². The molecule has 0 aromatic heterocycles. The molecule has 98 valence electrons. The molecule has 2 aromatic rings. The van der Waals surface area contributed by atoms with Crippen molar-refractivity contribution in [2.75, 3.05) is 6.35 Å². The van der Waals surface area contributed by atoms with Gasteiger partial charge in [-0.3, -0.25) is 0 Å². The largest absolute Gasteiger partial charge is 0.368 e. The predicted molar refractivity (Wildman–Crippen MR) is 78.8 cm³/mol. The summed E-state index contributed by atoms with van der Waals surface area (Å²) in [7, 11) is -0.651. The second kappa shape index (κ2) is 5.83. The first-order valence-corrected chi connectivity index (χ1v) is 7.93. The van der Waals surface area contributed by atoms with Crippen molar-refractivity contribution in [3.8, 4) is 0 Å². The molecule has 0 unspecified atom stereocenters. The Kier molecular flexibility index (Phi) is 3.24. The van der Waals surface area contributed by atoms with Gasteiger partial charge in [-0.15, -0.1) is 0 Å². The molecule has 2 aromatic carbocycles. The van der Waals surface area contributed by atoms with Crippen molar-refractivity contribution in [3.05, 3.63) is 66.2 Å². The van der Waals surface area contributed by atoms with Crippen molar-refractivity contribution in [3.63, 3.8) is 0 Å². The first-order chi connectivity index (χ1) is 10.3. The molecule has 1 saturated heterocycles. The molecule has 19 heavy (non-hydrogen) atoms. The van der Waals surface area contributed by atoms with E-state index in [0.29, 0.717) is 6.35 Å². The number of aliphatic hydroxyl groups excluding tert-OH is 1. The van der Waals surface area contributed by atoms with Gasteiger partial charge in [0.2, 0.25) is 1.43 Å². The van der Waals surface area contributed by atoms with Crippen LogP contribution >= 0.6 is 7.92 Å². The number of hydrogen-bond donors (Lipinski definition) is 1. The molecular weight excluding hydrogens is 255 g/mol.